The molecule has 3 atom stereocenters. The molecule has 0 aromatic carbocycles. The Labute approximate surface area is 122 Å². The number of hydrogen-bond acceptors (Lipinski definition) is 5. The van der Waals surface area contributed by atoms with E-state index in [1.165, 1.54) is 0 Å². The van der Waals surface area contributed by atoms with Crippen LogP contribution in [0.1, 0.15) is 30.6 Å². The maximum Gasteiger partial charge on any atom is 0.339 e. The lowest BCUT2D eigenvalue weighted by molar-refractivity contribution is -0.183. The van der Waals surface area contributed by atoms with Crippen LogP contribution in [0.3, 0.4) is 0 Å². The molecule has 1 aliphatic carbocycles. The summed E-state index contributed by atoms with van der Waals surface area (Å²) in [6, 6.07) is 3.48. The number of hydrogen-bond donors (Lipinski definition) is 0. The third-order valence-corrected chi connectivity index (χ3v) is 4.75. The number of carbonyl (C=O) groups excluding carboxylic acids is 1. The molecule has 1 saturated heterocycles. The standard InChI is InChI=1S/C15H17N3O3/c1-15(2)12-10(5-6-20-12)13(15)21-14(19)9-3-4-11-17-16-8-18(11)7-9/h3-4,7-8,10,12-13H,5-6H2,1-2H3/t10-,12-,13+/m1/s1. The van der Waals surface area contributed by atoms with Crippen LogP contribution in [0, 0.1) is 11.3 Å². The van der Waals surface area contributed by atoms with Gasteiger partial charge in [0.05, 0.1) is 11.7 Å². The van der Waals surface area contributed by atoms with Crippen LogP contribution < -0.4 is 0 Å². The van der Waals surface area contributed by atoms with Crippen LogP contribution in [-0.4, -0.2) is 39.4 Å². The second kappa shape index (κ2) is 4.27. The van der Waals surface area contributed by atoms with Crippen LogP contribution in [0.15, 0.2) is 24.7 Å². The van der Waals surface area contributed by atoms with E-state index in [1.54, 1.807) is 29.1 Å². The van der Waals surface area contributed by atoms with Gasteiger partial charge < -0.3 is 9.47 Å². The zero-order chi connectivity index (χ0) is 14.6. The van der Waals surface area contributed by atoms with Crippen molar-refractivity contribution in [2.75, 3.05) is 6.61 Å². The van der Waals surface area contributed by atoms with Crippen molar-refractivity contribution in [1.29, 1.82) is 0 Å². The summed E-state index contributed by atoms with van der Waals surface area (Å²) in [5.74, 6) is 0.0385. The van der Waals surface area contributed by atoms with Gasteiger partial charge in [-0.25, -0.2) is 4.79 Å². The smallest absolute Gasteiger partial charge is 0.339 e. The third kappa shape index (κ3) is 1.78. The summed E-state index contributed by atoms with van der Waals surface area (Å²) in [5, 5.41) is 7.72. The fourth-order valence-corrected chi connectivity index (χ4v) is 3.65. The lowest BCUT2D eigenvalue weighted by atomic mass is 9.59. The SMILES string of the molecule is CC1(C)[C@@H]2OCC[C@H]2[C@@H]1OC(=O)c1ccc2nncn2c1. The first-order valence-electron chi connectivity index (χ1n) is 7.19. The van der Waals surface area contributed by atoms with Crippen molar-refractivity contribution in [2.45, 2.75) is 32.5 Å². The highest BCUT2D eigenvalue weighted by Crippen LogP contribution is 2.53. The Morgan fingerprint density at radius 3 is 3.19 bits per heavy atom. The van der Waals surface area contributed by atoms with Crippen LogP contribution in [0.2, 0.25) is 0 Å². The average Bonchev–Trinajstić information content (AvgIpc) is 3.11. The number of rotatable bonds is 2. The van der Waals surface area contributed by atoms with Gasteiger partial charge in [-0.15, -0.1) is 10.2 Å². The van der Waals surface area contributed by atoms with Crippen LogP contribution in [0.4, 0.5) is 0 Å². The Morgan fingerprint density at radius 2 is 2.33 bits per heavy atom. The molecule has 6 heteroatoms. The van der Waals surface area contributed by atoms with Gasteiger partial charge in [-0.1, -0.05) is 13.8 Å². The third-order valence-electron chi connectivity index (χ3n) is 4.75. The average molecular weight is 287 g/mol. The van der Waals surface area contributed by atoms with Crippen molar-refractivity contribution in [3.05, 3.63) is 30.2 Å². The fraction of sp³-hybridized carbons (Fsp3) is 0.533. The van der Waals surface area contributed by atoms with Crippen LogP contribution in [0.5, 0.6) is 0 Å². The van der Waals surface area contributed by atoms with Gasteiger partial charge in [-0.3, -0.25) is 4.40 Å². The number of ether oxygens (including phenoxy) is 2. The van der Waals surface area contributed by atoms with Gasteiger partial charge in [0.25, 0.3) is 0 Å². The zero-order valence-electron chi connectivity index (χ0n) is 12.0. The molecule has 4 rings (SSSR count). The van der Waals surface area contributed by atoms with Crippen molar-refractivity contribution in [3.8, 4) is 0 Å². The van der Waals surface area contributed by atoms with Crippen molar-refractivity contribution in [3.63, 3.8) is 0 Å². The van der Waals surface area contributed by atoms with Gasteiger partial charge in [-0.2, -0.15) is 0 Å². The first-order chi connectivity index (χ1) is 10.1. The quantitative estimate of drug-likeness (QED) is 0.787. The highest BCUT2D eigenvalue weighted by Gasteiger charge is 2.61. The van der Waals surface area contributed by atoms with E-state index in [0.29, 0.717) is 17.1 Å². The second-order valence-corrected chi connectivity index (χ2v) is 6.41. The molecule has 2 aliphatic rings. The second-order valence-electron chi connectivity index (χ2n) is 6.41. The maximum absolute atomic E-state index is 12.4. The first kappa shape index (κ1) is 12.8. The van der Waals surface area contributed by atoms with E-state index in [4.69, 9.17) is 9.47 Å². The van der Waals surface area contributed by atoms with E-state index in [1.807, 2.05) is 0 Å². The molecule has 0 amide bonds. The normalized spacial score (nSPS) is 29.9. The summed E-state index contributed by atoms with van der Waals surface area (Å²) < 4.78 is 13.2. The van der Waals surface area contributed by atoms with Crippen LogP contribution in [0.25, 0.3) is 5.65 Å². The number of nitrogens with zero attached hydrogens (tertiary/aromatic N) is 3. The largest absolute Gasteiger partial charge is 0.458 e. The molecule has 0 spiro atoms. The molecule has 2 aromatic rings. The molecule has 6 nitrogen and oxygen atoms in total. The minimum absolute atomic E-state index is 0.0749. The lowest BCUT2D eigenvalue weighted by Crippen LogP contribution is -2.61. The number of carbonyl (C=O) groups is 1. The Bertz CT molecular complexity index is 709. The molecule has 21 heavy (non-hydrogen) atoms. The summed E-state index contributed by atoms with van der Waals surface area (Å²) in [6.45, 7) is 4.96. The molecular formula is C15H17N3O3. The topological polar surface area (TPSA) is 65.7 Å². The molecule has 2 fully saturated rings. The van der Waals surface area contributed by atoms with Crippen LogP contribution >= 0.6 is 0 Å². The fourth-order valence-electron chi connectivity index (χ4n) is 3.65. The molecular weight excluding hydrogens is 270 g/mol. The molecule has 110 valence electrons. The number of aromatic nitrogens is 3. The van der Waals surface area contributed by atoms with Crippen molar-refractivity contribution in [2.24, 2.45) is 11.3 Å². The van der Waals surface area contributed by atoms with E-state index in [9.17, 15) is 4.79 Å². The van der Waals surface area contributed by atoms with Gasteiger partial charge in [-0.05, 0) is 18.6 Å². The Balaban J connectivity index is 1.55. The molecule has 2 aromatic heterocycles. The van der Waals surface area contributed by atoms with E-state index in [0.717, 1.165) is 13.0 Å². The zero-order valence-corrected chi connectivity index (χ0v) is 12.0. The minimum atomic E-state index is -0.297. The van der Waals surface area contributed by atoms with Gasteiger partial charge >= 0.3 is 5.97 Å². The van der Waals surface area contributed by atoms with Crippen molar-refractivity contribution in [1.82, 2.24) is 14.6 Å². The highest BCUT2D eigenvalue weighted by atomic mass is 16.6. The minimum Gasteiger partial charge on any atom is -0.458 e. The molecule has 0 radical (unpaired) electrons. The maximum atomic E-state index is 12.4. The van der Waals surface area contributed by atoms with Crippen LogP contribution in [-0.2, 0) is 9.47 Å². The van der Waals surface area contributed by atoms with Crippen molar-refractivity contribution < 1.29 is 14.3 Å². The summed E-state index contributed by atoms with van der Waals surface area (Å²) in [4.78, 5) is 12.4. The van der Waals surface area contributed by atoms with Gasteiger partial charge in [0, 0.05) is 24.1 Å². The monoisotopic (exact) mass is 287 g/mol. The summed E-state index contributed by atoms with van der Waals surface area (Å²) in [5.41, 5.74) is 1.11. The predicted octanol–water partition coefficient (Wildman–Crippen LogP) is 1.70. The highest BCUT2D eigenvalue weighted by molar-refractivity contribution is 5.89. The Hall–Kier alpha value is -1.95. The van der Waals surface area contributed by atoms with E-state index >= 15 is 0 Å². The molecule has 1 saturated carbocycles. The summed E-state index contributed by atoms with van der Waals surface area (Å²) >= 11 is 0. The number of pyridine rings is 1. The predicted molar refractivity (Wildman–Crippen MR) is 73.8 cm³/mol. The van der Waals surface area contributed by atoms with E-state index in [-0.39, 0.29) is 23.6 Å². The number of esters is 1. The van der Waals surface area contributed by atoms with E-state index in [2.05, 4.69) is 24.0 Å². The Morgan fingerprint density at radius 1 is 1.48 bits per heavy atom. The molecule has 0 N–H and O–H groups in total. The van der Waals surface area contributed by atoms with Crippen molar-refractivity contribution >= 4 is 11.6 Å². The van der Waals surface area contributed by atoms with Gasteiger partial charge in [0.1, 0.15) is 12.4 Å². The Kier molecular flexibility index (Phi) is 2.60. The lowest BCUT2D eigenvalue weighted by Gasteiger charge is -2.53. The molecule has 1 aliphatic heterocycles. The summed E-state index contributed by atoms with van der Waals surface area (Å²) in [6.07, 6.45) is 4.38. The van der Waals surface area contributed by atoms with Gasteiger partial charge in [0.2, 0.25) is 0 Å². The molecule has 0 bridgehead atoms. The molecule has 3 heterocycles. The number of fused-ring (bicyclic) bond motifs is 2. The van der Waals surface area contributed by atoms with E-state index < -0.39 is 0 Å². The molecule has 0 unspecified atom stereocenters. The summed E-state index contributed by atoms with van der Waals surface area (Å²) in [7, 11) is 0. The van der Waals surface area contributed by atoms with Gasteiger partial charge in [0.15, 0.2) is 5.65 Å². The first-order valence-corrected chi connectivity index (χ1v) is 7.19.